The summed E-state index contributed by atoms with van der Waals surface area (Å²) >= 11 is 0. The third-order valence-corrected chi connectivity index (χ3v) is 5.99. The van der Waals surface area contributed by atoms with E-state index in [-0.39, 0.29) is 23.7 Å². The zero-order valence-corrected chi connectivity index (χ0v) is 15.8. The molecule has 1 aromatic heterocycles. The number of fused-ring (bicyclic) bond motifs is 1. The minimum Gasteiger partial charge on any atom is -0.274 e. The number of aromatic nitrogens is 1. The van der Waals surface area contributed by atoms with Gasteiger partial charge in [0.25, 0.3) is 0 Å². The van der Waals surface area contributed by atoms with Gasteiger partial charge in [0.1, 0.15) is 0 Å². The van der Waals surface area contributed by atoms with Crippen LogP contribution in [0.5, 0.6) is 0 Å². The fourth-order valence-corrected chi connectivity index (χ4v) is 4.68. The van der Waals surface area contributed by atoms with Crippen LogP contribution in [0.1, 0.15) is 23.0 Å². The fraction of sp³-hybridized carbons (Fsp3) is 0.160. The van der Waals surface area contributed by atoms with Gasteiger partial charge < -0.3 is 0 Å². The molecule has 1 aliphatic carbocycles. The normalized spacial score (nSPS) is 25.9. The highest BCUT2D eigenvalue weighted by atomic mass is 16.2. The van der Waals surface area contributed by atoms with Gasteiger partial charge >= 0.3 is 0 Å². The van der Waals surface area contributed by atoms with Gasteiger partial charge in [-0.2, -0.15) is 0 Å². The van der Waals surface area contributed by atoms with Gasteiger partial charge in [-0.25, -0.2) is 4.90 Å². The van der Waals surface area contributed by atoms with E-state index < -0.39 is 11.8 Å². The summed E-state index contributed by atoms with van der Waals surface area (Å²) in [4.78, 5) is 32.5. The van der Waals surface area contributed by atoms with Crippen LogP contribution in [0.25, 0.3) is 0 Å². The molecule has 1 fully saturated rings. The number of benzene rings is 2. The Morgan fingerprint density at radius 3 is 1.52 bits per heavy atom. The molecule has 4 heteroatoms. The average Bonchev–Trinajstić information content (AvgIpc) is 3.06. The molecule has 0 N–H and O–H groups in total. The van der Waals surface area contributed by atoms with Crippen LogP contribution in [-0.2, 0) is 9.59 Å². The molecule has 2 aliphatic rings. The van der Waals surface area contributed by atoms with Crippen LogP contribution in [0.4, 0.5) is 5.69 Å². The van der Waals surface area contributed by atoms with Crippen molar-refractivity contribution in [3.05, 3.63) is 108 Å². The summed E-state index contributed by atoms with van der Waals surface area (Å²) in [6.07, 6.45) is 7.43. The molecule has 4 atom stereocenters. The molecule has 2 amide bonds. The smallest absolute Gasteiger partial charge is 0.238 e. The van der Waals surface area contributed by atoms with E-state index in [9.17, 15) is 9.59 Å². The number of imide groups is 1. The van der Waals surface area contributed by atoms with E-state index >= 15 is 0 Å². The summed E-state index contributed by atoms with van der Waals surface area (Å²) in [6.45, 7) is 0. The predicted molar refractivity (Wildman–Crippen MR) is 111 cm³/mol. The van der Waals surface area contributed by atoms with E-state index in [4.69, 9.17) is 0 Å². The molecule has 142 valence electrons. The molecular weight excluding hydrogens is 360 g/mol. The second kappa shape index (κ2) is 7.13. The van der Waals surface area contributed by atoms with E-state index in [1.54, 1.807) is 24.5 Å². The molecule has 0 bridgehead atoms. The Morgan fingerprint density at radius 2 is 1.07 bits per heavy atom. The van der Waals surface area contributed by atoms with Crippen molar-refractivity contribution in [2.24, 2.45) is 11.8 Å². The number of carbonyl (C=O) groups is 2. The minimum absolute atomic E-state index is 0.121. The van der Waals surface area contributed by atoms with Gasteiger partial charge in [-0.3, -0.25) is 14.6 Å². The molecule has 0 unspecified atom stereocenters. The lowest BCUT2D eigenvalue weighted by molar-refractivity contribution is -0.122. The maximum absolute atomic E-state index is 13.6. The number of nitrogens with zero attached hydrogens (tertiary/aromatic N) is 2. The largest absolute Gasteiger partial charge is 0.274 e. The lowest BCUT2D eigenvalue weighted by Crippen LogP contribution is -2.31. The van der Waals surface area contributed by atoms with Crippen molar-refractivity contribution >= 4 is 17.5 Å². The highest BCUT2D eigenvalue weighted by Crippen LogP contribution is 2.50. The first-order chi connectivity index (χ1) is 14.3. The van der Waals surface area contributed by atoms with Crippen molar-refractivity contribution in [1.29, 1.82) is 0 Å². The van der Waals surface area contributed by atoms with Gasteiger partial charge in [-0.05, 0) is 23.3 Å². The molecule has 3 aromatic rings. The maximum Gasteiger partial charge on any atom is 0.238 e. The molecule has 5 rings (SSSR count). The first-order valence-corrected chi connectivity index (χ1v) is 9.82. The van der Waals surface area contributed by atoms with Gasteiger partial charge in [0, 0.05) is 24.2 Å². The number of hydrogen-bond acceptors (Lipinski definition) is 3. The molecule has 29 heavy (non-hydrogen) atoms. The molecular formula is C25H20N2O2. The Balaban J connectivity index is 1.64. The summed E-state index contributed by atoms with van der Waals surface area (Å²) in [6, 6.07) is 23.4. The van der Waals surface area contributed by atoms with Crippen LogP contribution in [0.15, 0.2) is 97.3 Å². The highest BCUT2D eigenvalue weighted by molar-refractivity contribution is 6.22. The standard InChI is InChI=1S/C25H20N2O2/c28-24-22-20(17-7-3-1-4-8-17)11-12-21(18-9-5-2-6-10-18)23(22)25(29)27(24)19-13-15-26-16-14-19/h1-16,20-23H/t20-,21-,22-,23+/m0/s1. The van der Waals surface area contributed by atoms with E-state index in [0.29, 0.717) is 5.69 Å². The molecule has 0 saturated carbocycles. The third kappa shape index (κ3) is 2.88. The van der Waals surface area contributed by atoms with E-state index in [0.717, 1.165) is 11.1 Å². The molecule has 2 aromatic carbocycles. The molecule has 0 spiro atoms. The Labute approximate surface area is 169 Å². The summed E-state index contributed by atoms with van der Waals surface area (Å²) in [5.74, 6) is -1.36. The van der Waals surface area contributed by atoms with Crippen LogP contribution in [0.2, 0.25) is 0 Å². The highest BCUT2D eigenvalue weighted by Gasteiger charge is 2.55. The Hall–Kier alpha value is -3.53. The van der Waals surface area contributed by atoms with E-state index in [1.807, 2.05) is 60.7 Å². The van der Waals surface area contributed by atoms with Crippen molar-refractivity contribution in [2.45, 2.75) is 11.8 Å². The molecule has 4 nitrogen and oxygen atoms in total. The fourth-order valence-electron chi connectivity index (χ4n) is 4.68. The predicted octanol–water partition coefficient (Wildman–Crippen LogP) is 4.32. The van der Waals surface area contributed by atoms with Crippen molar-refractivity contribution in [3.63, 3.8) is 0 Å². The van der Waals surface area contributed by atoms with Gasteiger partial charge in [0.15, 0.2) is 0 Å². The van der Waals surface area contributed by atoms with Gasteiger partial charge in [-0.1, -0.05) is 72.8 Å². The van der Waals surface area contributed by atoms with Crippen LogP contribution in [0.3, 0.4) is 0 Å². The van der Waals surface area contributed by atoms with Gasteiger partial charge in [-0.15, -0.1) is 0 Å². The Bertz CT molecular complexity index is 996. The maximum atomic E-state index is 13.6. The zero-order chi connectivity index (χ0) is 19.8. The number of allylic oxidation sites excluding steroid dienone is 2. The second-order valence-electron chi connectivity index (χ2n) is 7.53. The first-order valence-electron chi connectivity index (χ1n) is 9.82. The van der Waals surface area contributed by atoms with Gasteiger partial charge in [0.05, 0.1) is 17.5 Å². The van der Waals surface area contributed by atoms with Crippen molar-refractivity contribution < 1.29 is 9.59 Å². The average molecular weight is 380 g/mol. The first kappa shape index (κ1) is 17.6. The van der Waals surface area contributed by atoms with Crippen LogP contribution in [0, 0.1) is 11.8 Å². The minimum atomic E-state index is -0.423. The van der Waals surface area contributed by atoms with E-state index in [1.165, 1.54) is 4.90 Å². The Morgan fingerprint density at radius 1 is 0.621 bits per heavy atom. The number of carbonyl (C=O) groups excluding carboxylic acids is 2. The van der Waals surface area contributed by atoms with Crippen molar-refractivity contribution in [3.8, 4) is 0 Å². The summed E-state index contributed by atoms with van der Waals surface area (Å²) in [5, 5.41) is 0. The summed E-state index contributed by atoms with van der Waals surface area (Å²) in [7, 11) is 0. The molecule has 1 saturated heterocycles. The topological polar surface area (TPSA) is 50.3 Å². The SMILES string of the molecule is O=C1[C@@H]2[C@H](C(=O)N1c1ccncc1)[C@H](c1ccccc1)C=C[C@H]2c1ccccc1. The number of rotatable bonds is 3. The molecule has 0 radical (unpaired) electrons. The zero-order valence-electron chi connectivity index (χ0n) is 15.8. The van der Waals surface area contributed by atoms with Crippen molar-refractivity contribution in [1.82, 2.24) is 4.98 Å². The lowest BCUT2D eigenvalue weighted by Gasteiger charge is -2.32. The summed E-state index contributed by atoms with van der Waals surface area (Å²) < 4.78 is 0. The van der Waals surface area contributed by atoms with Crippen LogP contribution < -0.4 is 4.90 Å². The van der Waals surface area contributed by atoms with Crippen LogP contribution in [-0.4, -0.2) is 16.8 Å². The van der Waals surface area contributed by atoms with Gasteiger partial charge in [0.2, 0.25) is 11.8 Å². The number of hydrogen-bond donors (Lipinski definition) is 0. The lowest BCUT2D eigenvalue weighted by atomic mass is 9.68. The third-order valence-electron chi connectivity index (χ3n) is 5.99. The van der Waals surface area contributed by atoms with Crippen molar-refractivity contribution in [2.75, 3.05) is 4.90 Å². The quantitative estimate of drug-likeness (QED) is 0.502. The number of pyridine rings is 1. The number of amides is 2. The van der Waals surface area contributed by atoms with Crippen LogP contribution >= 0.6 is 0 Å². The number of anilines is 1. The van der Waals surface area contributed by atoms with E-state index in [2.05, 4.69) is 17.1 Å². The Kier molecular flexibility index (Phi) is 4.32. The molecule has 2 heterocycles. The summed E-state index contributed by atoms with van der Waals surface area (Å²) in [5.41, 5.74) is 2.70. The second-order valence-corrected chi connectivity index (χ2v) is 7.53. The molecule has 1 aliphatic heterocycles. The monoisotopic (exact) mass is 380 g/mol.